The first-order valence-corrected chi connectivity index (χ1v) is 7.15. The minimum atomic E-state index is -0.969. The normalized spacial score (nSPS) is 28.3. The summed E-state index contributed by atoms with van der Waals surface area (Å²) in [6, 6.07) is 6.58. The molecule has 0 spiro atoms. The van der Waals surface area contributed by atoms with Crippen LogP contribution in [0.3, 0.4) is 0 Å². The van der Waals surface area contributed by atoms with E-state index in [9.17, 15) is 9.59 Å². The Bertz CT molecular complexity index is 543. The number of nitrogens with one attached hydrogen (secondary N) is 1. The fraction of sp³-hybridized carbons (Fsp3) is 0.500. The molecule has 0 saturated carbocycles. The molecule has 0 aromatic heterocycles. The third kappa shape index (κ3) is 3.42. The Kier molecular flexibility index (Phi) is 4.63. The molecule has 0 radical (unpaired) electrons. The van der Waals surface area contributed by atoms with E-state index in [1.54, 1.807) is 18.2 Å². The van der Waals surface area contributed by atoms with E-state index in [2.05, 4.69) is 5.32 Å². The lowest BCUT2D eigenvalue weighted by Gasteiger charge is -2.18. The highest BCUT2D eigenvalue weighted by atomic mass is 16.5. The van der Waals surface area contributed by atoms with Gasteiger partial charge in [0.1, 0.15) is 0 Å². The van der Waals surface area contributed by atoms with Crippen LogP contribution < -0.4 is 5.32 Å². The zero-order valence-corrected chi connectivity index (χ0v) is 12.5. The van der Waals surface area contributed by atoms with Crippen LogP contribution in [-0.4, -0.2) is 29.2 Å². The van der Waals surface area contributed by atoms with Gasteiger partial charge in [-0.3, -0.25) is 4.79 Å². The van der Waals surface area contributed by atoms with Crippen LogP contribution in [-0.2, 0) is 16.1 Å². The first-order chi connectivity index (χ1) is 9.90. The summed E-state index contributed by atoms with van der Waals surface area (Å²) in [5, 5.41) is 11.8. The largest absolute Gasteiger partial charge is 0.478 e. The summed E-state index contributed by atoms with van der Waals surface area (Å²) >= 11 is 0. The van der Waals surface area contributed by atoms with Crippen molar-refractivity contribution in [2.45, 2.75) is 39.5 Å². The molecule has 1 aliphatic heterocycles. The topological polar surface area (TPSA) is 75.6 Å². The van der Waals surface area contributed by atoms with E-state index >= 15 is 0 Å². The molecule has 1 amide bonds. The van der Waals surface area contributed by atoms with Crippen molar-refractivity contribution >= 4 is 11.9 Å². The van der Waals surface area contributed by atoms with E-state index in [1.165, 1.54) is 6.07 Å². The van der Waals surface area contributed by atoms with E-state index in [-0.39, 0.29) is 35.5 Å². The lowest BCUT2D eigenvalue weighted by molar-refractivity contribution is -0.127. The molecular weight excluding hydrogens is 270 g/mol. The van der Waals surface area contributed by atoms with Gasteiger partial charge in [-0.25, -0.2) is 4.79 Å². The monoisotopic (exact) mass is 291 g/mol. The van der Waals surface area contributed by atoms with E-state index in [4.69, 9.17) is 9.84 Å². The third-order valence-electron chi connectivity index (χ3n) is 4.19. The fourth-order valence-electron chi connectivity index (χ4n) is 2.84. The first-order valence-electron chi connectivity index (χ1n) is 7.15. The molecule has 5 heteroatoms. The Balaban J connectivity index is 1.98. The highest BCUT2D eigenvalue weighted by Gasteiger charge is 2.41. The lowest BCUT2D eigenvalue weighted by Crippen LogP contribution is -2.36. The minimum Gasteiger partial charge on any atom is -0.478 e. The maximum absolute atomic E-state index is 12.3. The molecule has 4 unspecified atom stereocenters. The number of carbonyl (C=O) groups is 2. The maximum atomic E-state index is 12.3. The number of ether oxygens (including phenoxy) is 1. The Hall–Kier alpha value is -1.88. The Labute approximate surface area is 124 Å². The number of amides is 1. The molecule has 0 aliphatic carbocycles. The second-order valence-corrected chi connectivity index (χ2v) is 5.65. The zero-order valence-electron chi connectivity index (χ0n) is 12.5. The SMILES string of the molecule is CC1OC(C)C(C(=O)NCc2cccc(C(=O)O)c2)C1C. The molecule has 2 rings (SSSR count). The van der Waals surface area contributed by atoms with Crippen molar-refractivity contribution in [3.63, 3.8) is 0 Å². The van der Waals surface area contributed by atoms with Gasteiger partial charge in [0.2, 0.25) is 5.91 Å². The number of carboxylic acid groups (broad SMARTS) is 1. The third-order valence-corrected chi connectivity index (χ3v) is 4.19. The van der Waals surface area contributed by atoms with Gasteiger partial charge in [-0.05, 0) is 37.5 Å². The molecule has 1 saturated heterocycles. The van der Waals surface area contributed by atoms with Gasteiger partial charge >= 0.3 is 5.97 Å². The standard InChI is InChI=1S/C16H21NO4/c1-9-10(2)21-11(3)14(9)15(18)17-8-12-5-4-6-13(7-12)16(19)20/h4-7,9-11,14H,8H2,1-3H3,(H,17,18)(H,19,20). The molecule has 1 fully saturated rings. The highest BCUT2D eigenvalue weighted by molar-refractivity contribution is 5.87. The fourth-order valence-corrected chi connectivity index (χ4v) is 2.84. The van der Waals surface area contributed by atoms with Crippen molar-refractivity contribution in [2.75, 3.05) is 0 Å². The van der Waals surface area contributed by atoms with Crippen molar-refractivity contribution in [1.82, 2.24) is 5.32 Å². The first kappa shape index (κ1) is 15.5. The number of hydrogen-bond acceptors (Lipinski definition) is 3. The van der Waals surface area contributed by atoms with Crippen molar-refractivity contribution in [2.24, 2.45) is 11.8 Å². The Morgan fingerprint density at radius 2 is 1.95 bits per heavy atom. The molecule has 1 aliphatic rings. The molecule has 1 aromatic carbocycles. The molecular formula is C16H21NO4. The molecule has 1 heterocycles. The molecule has 2 N–H and O–H groups in total. The number of hydrogen-bond donors (Lipinski definition) is 2. The van der Waals surface area contributed by atoms with Crippen LogP contribution in [0.1, 0.15) is 36.7 Å². The summed E-state index contributed by atoms with van der Waals surface area (Å²) in [7, 11) is 0. The van der Waals surface area contributed by atoms with Gasteiger partial charge in [-0.1, -0.05) is 19.1 Å². The van der Waals surface area contributed by atoms with Crippen LogP contribution in [0.15, 0.2) is 24.3 Å². The molecule has 4 atom stereocenters. The minimum absolute atomic E-state index is 0.0416. The van der Waals surface area contributed by atoms with Crippen molar-refractivity contribution in [3.8, 4) is 0 Å². The van der Waals surface area contributed by atoms with Crippen LogP contribution in [0.4, 0.5) is 0 Å². The maximum Gasteiger partial charge on any atom is 0.335 e. The summed E-state index contributed by atoms with van der Waals surface area (Å²) in [6.45, 7) is 6.23. The number of aromatic carboxylic acids is 1. The summed E-state index contributed by atoms with van der Waals surface area (Å²) in [5.74, 6) is -1.00. The van der Waals surface area contributed by atoms with Crippen LogP contribution in [0, 0.1) is 11.8 Å². The van der Waals surface area contributed by atoms with E-state index in [1.807, 2.05) is 20.8 Å². The molecule has 21 heavy (non-hydrogen) atoms. The van der Waals surface area contributed by atoms with Crippen molar-refractivity contribution in [3.05, 3.63) is 35.4 Å². The summed E-state index contributed by atoms with van der Waals surface area (Å²) in [4.78, 5) is 23.2. The Morgan fingerprint density at radius 1 is 1.24 bits per heavy atom. The predicted molar refractivity (Wildman–Crippen MR) is 77.9 cm³/mol. The summed E-state index contributed by atoms with van der Waals surface area (Å²) in [6.07, 6.45) is -0.0218. The Morgan fingerprint density at radius 3 is 2.52 bits per heavy atom. The molecule has 5 nitrogen and oxygen atoms in total. The van der Waals surface area contributed by atoms with E-state index in [0.29, 0.717) is 6.54 Å². The van der Waals surface area contributed by atoms with Crippen LogP contribution >= 0.6 is 0 Å². The predicted octanol–water partition coefficient (Wildman–Crippen LogP) is 2.06. The number of carboxylic acids is 1. The van der Waals surface area contributed by atoms with Gasteiger partial charge in [0, 0.05) is 6.54 Å². The van der Waals surface area contributed by atoms with Crippen molar-refractivity contribution < 1.29 is 19.4 Å². The number of rotatable bonds is 4. The van der Waals surface area contributed by atoms with Gasteiger partial charge in [-0.2, -0.15) is 0 Å². The lowest BCUT2D eigenvalue weighted by atomic mass is 9.89. The molecule has 114 valence electrons. The van der Waals surface area contributed by atoms with Crippen molar-refractivity contribution in [1.29, 1.82) is 0 Å². The number of carbonyl (C=O) groups excluding carboxylic acids is 1. The van der Waals surface area contributed by atoms with Gasteiger partial charge < -0.3 is 15.2 Å². The zero-order chi connectivity index (χ0) is 15.6. The summed E-state index contributed by atoms with van der Waals surface area (Å²) in [5.41, 5.74) is 0.997. The van der Waals surface area contributed by atoms with E-state index in [0.717, 1.165) is 5.56 Å². The molecule has 0 bridgehead atoms. The second kappa shape index (κ2) is 6.26. The van der Waals surface area contributed by atoms with Crippen LogP contribution in [0.2, 0.25) is 0 Å². The van der Waals surface area contributed by atoms with E-state index < -0.39 is 5.97 Å². The average molecular weight is 291 g/mol. The van der Waals surface area contributed by atoms with Crippen LogP contribution in [0.5, 0.6) is 0 Å². The van der Waals surface area contributed by atoms with Crippen LogP contribution in [0.25, 0.3) is 0 Å². The highest BCUT2D eigenvalue weighted by Crippen LogP contribution is 2.32. The van der Waals surface area contributed by atoms with Gasteiger partial charge in [0.25, 0.3) is 0 Å². The molecule has 1 aromatic rings. The van der Waals surface area contributed by atoms with Gasteiger partial charge in [0.15, 0.2) is 0 Å². The second-order valence-electron chi connectivity index (χ2n) is 5.65. The van der Waals surface area contributed by atoms with Gasteiger partial charge in [0.05, 0.1) is 23.7 Å². The smallest absolute Gasteiger partial charge is 0.335 e. The quantitative estimate of drug-likeness (QED) is 0.890. The summed E-state index contributed by atoms with van der Waals surface area (Å²) < 4.78 is 5.67. The van der Waals surface area contributed by atoms with Gasteiger partial charge in [-0.15, -0.1) is 0 Å². The average Bonchev–Trinajstić information content (AvgIpc) is 2.70. The number of benzene rings is 1.